The van der Waals surface area contributed by atoms with Gasteiger partial charge < -0.3 is 29.5 Å². The summed E-state index contributed by atoms with van der Waals surface area (Å²) in [4.78, 5) is 41.2. The molecule has 0 radical (unpaired) electrons. The number of imide groups is 1. The van der Waals surface area contributed by atoms with Crippen LogP contribution < -0.4 is 14.8 Å². The molecule has 2 aliphatic rings. The fourth-order valence-electron chi connectivity index (χ4n) is 4.23. The largest absolute Gasteiger partial charge is 0.502 e. The Bertz CT molecular complexity index is 933. The summed E-state index contributed by atoms with van der Waals surface area (Å²) in [7, 11) is 5.78. The van der Waals surface area contributed by atoms with Crippen molar-refractivity contribution in [2.45, 2.75) is 25.9 Å². The molecule has 0 aromatic heterocycles. The highest BCUT2D eigenvalue weighted by Gasteiger charge is 2.52. The first-order valence-electron chi connectivity index (χ1n) is 9.81. The van der Waals surface area contributed by atoms with E-state index in [1.807, 2.05) is 0 Å². The van der Waals surface area contributed by atoms with Gasteiger partial charge in [0.25, 0.3) is 0 Å². The average molecular weight is 433 g/mol. The number of hydrogen-bond donors (Lipinski definition) is 2. The van der Waals surface area contributed by atoms with Gasteiger partial charge in [-0.1, -0.05) is 0 Å². The molecule has 3 unspecified atom stereocenters. The van der Waals surface area contributed by atoms with E-state index in [9.17, 15) is 19.5 Å². The third kappa shape index (κ3) is 3.51. The van der Waals surface area contributed by atoms with Crippen molar-refractivity contribution in [3.05, 3.63) is 29.0 Å². The van der Waals surface area contributed by atoms with Gasteiger partial charge in [0.15, 0.2) is 11.5 Å². The number of carbonyl (C=O) groups is 3. The molecule has 0 saturated carbocycles. The van der Waals surface area contributed by atoms with E-state index in [1.54, 1.807) is 33.0 Å². The van der Waals surface area contributed by atoms with Crippen LogP contribution in [0.25, 0.3) is 0 Å². The molecule has 10 heteroatoms. The van der Waals surface area contributed by atoms with Crippen molar-refractivity contribution >= 4 is 17.9 Å². The number of nitrogens with one attached hydrogen (secondary N) is 1. The first-order chi connectivity index (χ1) is 14.7. The van der Waals surface area contributed by atoms with E-state index in [1.165, 1.54) is 26.2 Å². The second-order valence-electron chi connectivity index (χ2n) is 7.42. The monoisotopic (exact) mass is 433 g/mol. The summed E-state index contributed by atoms with van der Waals surface area (Å²) in [5.74, 6) is -2.55. The van der Waals surface area contributed by atoms with Gasteiger partial charge in [0.1, 0.15) is 6.17 Å². The van der Waals surface area contributed by atoms with Crippen LogP contribution in [-0.2, 0) is 14.3 Å². The second-order valence-corrected chi connectivity index (χ2v) is 7.42. The quantitative estimate of drug-likeness (QED) is 0.669. The van der Waals surface area contributed by atoms with Crippen molar-refractivity contribution in [3.8, 4) is 17.2 Å². The summed E-state index contributed by atoms with van der Waals surface area (Å²) in [5.41, 5.74) is 1.27. The number of ether oxygens (including phenoxy) is 3. The summed E-state index contributed by atoms with van der Waals surface area (Å²) in [6, 6.07) is 2.66. The molecule has 2 N–H and O–H groups in total. The first-order valence-corrected chi connectivity index (χ1v) is 9.81. The van der Waals surface area contributed by atoms with Crippen LogP contribution in [0.5, 0.6) is 17.2 Å². The maximum Gasteiger partial charge on any atom is 0.336 e. The Morgan fingerprint density at radius 2 is 1.74 bits per heavy atom. The molecule has 0 spiro atoms. The average Bonchev–Trinajstić information content (AvgIpc) is 2.75. The van der Waals surface area contributed by atoms with Gasteiger partial charge in [0, 0.05) is 25.7 Å². The third-order valence-corrected chi connectivity index (χ3v) is 5.76. The highest BCUT2D eigenvalue weighted by atomic mass is 16.5. The van der Waals surface area contributed by atoms with Gasteiger partial charge in [-0.3, -0.25) is 9.69 Å². The predicted molar refractivity (Wildman–Crippen MR) is 110 cm³/mol. The van der Waals surface area contributed by atoms with E-state index in [4.69, 9.17) is 14.2 Å². The Balaban J connectivity index is 2.28. The number of rotatable bonds is 5. The minimum absolute atomic E-state index is 0.131. The molecule has 2 aliphatic heterocycles. The van der Waals surface area contributed by atoms with Gasteiger partial charge in [-0.2, -0.15) is 0 Å². The fraction of sp³-hybridized carbons (Fsp3) is 0.476. The second kappa shape index (κ2) is 8.37. The Kier molecular flexibility index (Phi) is 6.01. The number of urea groups is 1. The van der Waals surface area contributed by atoms with Crippen molar-refractivity contribution in [1.29, 1.82) is 0 Å². The van der Waals surface area contributed by atoms with Gasteiger partial charge in [-0.05, 0) is 31.5 Å². The number of aromatic hydroxyl groups is 1. The summed E-state index contributed by atoms with van der Waals surface area (Å²) in [5, 5.41) is 13.5. The van der Waals surface area contributed by atoms with E-state index < -0.39 is 35.9 Å². The minimum Gasteiger partial charge on any atom is -0.502 e. The zero-order chi connectivity index (χ0) is 23.0. The smallest absolute Gasteiger partial charge is 0.336 e. The summed E-state index contributed by atoms with van der Waals surface area (Å²) < 4.78 is 15.8. The molecule has 31 heavy (non-hydrogen) atoms. The van der Waals surface area contributed by atoms with Gasteiger partial charge in [0.2, 0.25) is 11.7 Å². The Morgan fingerprint density at radius 3 is 2.26 bits per heavy atom. The predicted octanol–water partition coefficient (Wildman–Crippen LogP) is 1.40. The molecule has 3 atom stereocenters. The van der Waals surface area contributed by atoms with Crippen LogP contribution >= 0.6 is 0 Å². The number of benzene rings is 1. The van der Waals surface area contributed by atoms with Crippen molar-refractivity contribution < 1.29 is 33.7 Å². The molecule has 10 nitrogen and oxygen atoms in total. The van der Waals surface area contributed by atoms with Crippen molar-refractivity contribution in [1.82, 2.24) is 15.1 Å². The van der Waals surface area contributed by atoms with Crippen LogP contribution in [0.1, 0.15) is 25.3 Å². The van der Waals surface area contributed by atoms with Gasteiger partial charge in [-0.15, -0.1) is 0 Å². The molecule has 0 bridgehead atoms. The third-order valence-electron chi connectivity index (χ3n) is 5.76. The number of methoxy groups -OCH3 is 2. The minimum atomic E-state index is -0.824. The van der Waals surface area contributed by atoms with E-state index in [-0.39, 0.29) is 29.4 Å². The van der Waals surface area contributed by atoms with E-state index in [2.05, 4.69) is 5.32 Å². The molecule has 2 heterocycles. The number of allylic oxidation sites excluding steroid dienone is 1. The summed E-state index contributed by atoms with van der Waals surface area (Å²) in [6.45, 7) is 3.55. The van der Waals surface area contributed by atoms with Crippen molar-refractivity contribution in [3.63, 3.8) is 0 Å². The molecule has 1 fully saturated rings. The number of nitrogens with zero attached hydrogens (tertiary/aromatic N) is 2. The van der Waals surface area contributed by atoms with Gasteiger partial charge in [-0.25, -0.2) is 9.59 Å². The standard InChI is InChI=1S/C21H27N3O7/c1-7-31-20(27)14-10(2)22-18-16(19(26)24(4)21(28)23(18)3)15(14)11-8-12(29-5)17(25)13(9-11)30-6/h8-9,15-16,18,22,25H,7H2,1-6H3. The number of carbonyl (C=O) groups excluding carboxylic acids is 3. The van der Waals surface area contributed by atoms with E-state index in [0.717, 1.165) is 4.90 Å². The molecular weight excluding hydrogens is 406 g/mol. The zero-order valence-corrected chi connectivity index (χ0v) is 18.4. The van der Waals surface area contributed by atoms with Crippen LogP contribution in [-0.4, -0.2) is 73.9 Å². The van der Waals surface area contributed by atoms with E-state index >= 15 is 0 Å². The number of fused-ring (bicyclic) bond motifs is 1. The topological polar surface area (TPSA) is 118 Å². The molecule has 3 rings (SSSR count). The lowest BCUT2D eigenvalue weighted by molar-refractivity contribution is -0.142. The summed E-state index contributed by atoms with van der Waals surface area (Å²) >= 11 is 0. The number of phenols is 1. The van der Waals surface area contributed by atoms with Crippen molar-refractivity contribution in [2.24, 2.45) is 5.92 Å². The molecule has 3 amide bonds. The molecule has 0 aliphatic carbocycles. The maximum atomic E-state index is 13.3. The lowest BCUT2D eigenvalue weighted by Crippen LogP contribution is -2.66. The lowest BCUT2D eigenvalue weighted by Gasteiger charge is -2.48. The van der Waals surface area contributed by atoms with Crippen LogP contribution in [0.3, 0.4) is 0 Å². The van der Waals surface area contributed by atoms with Gasteiger partial charge in [0.05, 0.1) is 32.3 Å². The molecule has 168 valence electrons. The fourth-order valence-corrected chi connectivity index (χ4v) is 4.23. The van der Waals surface area contributed by atoms with Crippen LogP contribution in [0.2, 0.25) is 0 Å². The number of phenolic OH excluding ortho intramolecular Hbond substituents is 1. The highest BCUT2D eigenvalue weighted by Crippen LogP contribution is 2.47. The number of hydrogen-bond acceptors (Lipinski definition) is 8. The maximum absolute atomic E-state index is 13.3. The molecule has 1 aromatic rings. The molecule has 1 saturated heterocycles. The molecule has 1 aromatic carbocycles. The van der Waals surface area contributed by atoms with E-state index in [0.29, 0.717) is 11.3 Å². The number of esters is 1. The first kappa shape index (κ1) is 22.3. The summed E-state index contributed by atoms with van der Waals surface area (Å²) in [6.07, 6.45) is -0.676. The highest BCUT2D eigenvalue weighted by molar-refractivity contribution is 6.01. The van der Waals surface area contributed by atoms with Crippen molar-refractivity contribution in [2.75, 3.05) is 34.9 Å². The molecular formula is C21H27N3O7. The Morgan fingerprint density at radius 1 is 1.16 bits per heavy atom. The van der Waals surface area contributed by atoms with Gasteiger partial charge >= 0.3 is 12.0 Å². The van der Waals surface area contributed by atoms with Crippen LogP contribution in [0.15, 0.2) is 23.4 Å². The van der Waals surface area contributed by atoms with Crippen LogP contribution in [0.4, 0.5) is 4.79 Å². The number of amides is 3. The Labute approximate surface area is 180 Å². The van der Waals surface area contributed by atoms with Crippen LogP contribution in [0, 0.1) is 5.92 Å². The zero-order valence-electron chi connectivity index (χ0n) is 18.4. The Hall–Kier alpha value is -3.43. The lowest BCUT2D eigenvalue weighted by atomic mass is 9.73. The normalized spacial score (nSPS) is 23.4. The SMILES string of the molecule is CCOC(=O)C1=C(C)NC2C(C(=O)N(C)C(=O)N2C)C1c1cc(OC)c(O)c(OC)c1.